The van der Waals surface area contributed by atoms with Crippen LogP contribution in [-0.2, 0) is 0 Å². The first kappa shape index (κ1) is 20.0. The third kappa shape index (κ3) is 4.20. The zero-order valence-electron chi connectivity index (χ0n) is 16.7. The Morgan fingerprint density at radius 1 is 1.00 bits per heavy atom. The zero-order chi connectivity index (χ0) is 22.0. The van der Waals surface area contributed by atoms with E-state index < -0.39 is 17.2 Å². The summed E-state index contributed by atoms with van der Waals surface area (Å²) in [5.74, 6) is -0.978. The number of hydrogen-bond donors (Lipinski definition) is 1. The van der Waals surface area contributed by atoms with Crippen LogP contribution in [0.2, 0.25) is 0 Å². The van der Waals surface area contributed by atoms with E-state index in [1.165, 1.54) is 36.1 Å². The molecule has 4 rings (SSSR count). The molecule has 0 fully saturated rings. The van der Waals surface area contributed by atoms with Crippen LogP contribution in [0, 0.1) is 12.7 Å². The van der Waals surface area contributed by atoms with Crippen molar-refractivity contribution in [1.82, 2.24) is 19.6 Å². The predicted molar refractivity (Wildman–Crippen MR) is 113 cm³/mol. The van der Waals surface area contributed by atoms with Gasteiger partial charge in [0, 0.05) is 11.9 Å². The molecule has 0 bridgehead atoms. The van der Waals surface area contributed by atoms with E-state index in [2.05, 4.69) is 15.5 Å². The summed E-state index contributed by atoms with van der Waals surface area (Å²) in [7, 11) is 1.37. The van der Waals surface area contributed by atoms with Gasteiger partial charge in [-0.3, -0.25) is 9.59 Å². The first-order valence-electron chi connectivity index (χ1n) is 9.33. The van der Waals surface area contributed by atoms with E-state index in [1.54, 1.807) is 28.9 Å². The minimum atomic E-state index is -0.675. The molecule has 2 aromatic heterocycles. The average Bonchev–Trinajstić information content (AvgIpc) is 3.21. The van der Waals surface area contributed by atoms with E-state index in [0.717, 1.165) is 17.4 Å². The summed E-state index contributed by atoms with van der Waals surface area (Å²) in [5, 5.41) is 11.1. The van der Waals surface area contributed by atoms with Crippen molar-refractivity contribution in [2.75, 3.05) is 12.4 Å². The number of halogens is 1. The van der Waals surface area contributed by atoms with Crippen LogP contribution in [0.3, 0.4) is 0 Å². The molecule has 156 valence electrons. The molecule has 0 saturated heterocycles. The van der Waals surface area contributed by atoms with E-state index in [9.17, 15) is 14.0 Å². The Kier molecular flexibility index (Phi) is 5.31. The smallest absolute Gasteiger partial charge is 0.280 e. The fourth-order valence-electron chi connectivity index (χ4n) is 2.96. The molecule has 1 N–H and O–H groups in total. The predicted octanol–water partition coefficient (Wildman–Crippen LogP) is 3.13. The van der Waals surface area contributed by atoms with Gasteiger partial charge in [0.25, 0.3) is 5.91 Å². The lowest BCUT2D eigenvalue weighted by Gasteiger charge is -2.12. The average molecular weight is 419 g/mol. The maximum atomic E-state index is 13.3. The van der Waals surface area contributed by atoms with Gasteiger partial charge in [0.1, 0.15) is 5.82 Å². The highest BCUT2D eigenvalue weighted by atomic mass is 19.1. The Hall–Kier alpha value is -4.27. The minimum absolute atomic E-state index is 0.118. The second kappa shape index (κ2) is 8.23. The molecule has 0 spiro atoms. The molecule has 0 aliphatic heterocycles. The van der Waals surface area contributed by atoms with Crippen LogP contribution < -0.4 is 15.5 Å². The van der Waals surface area contributed by atoms with Crippen molar-refractivity contribution in [1.29, 1.82) is 0 Å². The second-order valence-corrected chi connectivity index (χ2v) is 6.69. The van der Waals surface area contributed by atoms with Gasteiger partial charge in [-0.15, -0.1) is 0 Å². The summed E-state index contributed by atoms with van der Waals surface area (Å²) in [5.41, 5.74) is 1.72. The molecule has 1 amide bonds. The number of carbonyl (C=O) groups is 1. The molecular weight excluding hydrogens is 401 g/mol. The topological polar surface area (TPSA) is 91.0 Å². The van der Waals surface area contributed by atoms with Crippen LogP contribution in [-0.4, -0.2) is 32.6 Å². The molecule has 4 aromatic rings. The molecule has 9 heteroatoms. The first-order valence-corrected chi connectivity index (χ1v) is 9.33. The third-order valence-corrected chi connectivity index (χ3v) is 4.50. The quantitative estimate of drug-likeness (QED) is 0.537. The van der Waals surface area contributed by atoms with Gasteiger partial charge in [-0.2, -0.15) is 10.2 Å². The number of benzene rings is 2. The molecule has 31 heavy (non-hydrogen) atoms. The summed E-state index contributed by atoms with van der Waals surface area (Å²) in [4.78, 5) is 25.1. The molecule has 0 saturated carbocycles. The van der Waals surface area contributed by atoms with Crippen LogP contribution in [0.1, 0.15) is 16.2 Å². The van der Waals surface area contributed by atoms with Crippen LogP contribution in [0.4, 0.5) is 10.1 Å². The van der Waals surface area contributed by atoms with Gasteiger partial charge >= 0.3 is 0 Å². The van der Waals surface area contributed by atoms with Crippen molar-refractivity contribution < 1.29 is 13.9 Å². The number of aryl methyl sites for hydroxylation is 1. The Labute approximate surface area is 176 Å². The number of amides is 1. The maximum absolute atomic E-state index is 13.3. The molecular formula is C22H18FN5O3. The van der Waals surface area contributed by atoms with Crippen LogP contribution in [0.15, 0.2) is 71.7 Å². The summed E-state index contributed by atoms with van der Waals surface area (Å²) in [6, 6.07) is 15.5. The zero-order valence-corrected chi connectivity index (χ0v) is 16.7. The second-order valence-electron chi connectivity index (χ2n) is 6.69. The number of methoxy groups -OCH3 is 1. The lowest BCUT2D eigenvalue weighted by molar-refractivity contribution is 0.101. The monoisotopic (exact) mass is 419 g/mol. The van der Waals surface area contributed by atoms with Gasteiger partial charge in [0.05, 0.1) is 30.2 Å². The molecule has 0 aliphatic rings. The van der Waals surface area contributed by atoms with Crippen LogP contribution in [0.5, 0.6) is 5.88 Å². The Morgan fingerprint density at radius 2 is 1.68 bits per heavy atom. The van der Waals surface area contributed by atoms with Gasteiger partial charge in [-0.25, -0.2) is 13.8 Å². The Morgan fingerprint density at radius 3 is 2.29 bits per heavy atom. The van der Waals surface area contributed by atoms with Gasteiger partial charge in [-0.05, 0) is 61.5 Å². The molecule has 0 aliphatic carbocycles. The molecule has 2 heterocycles. The van der Waals surface area contributed by atoms with Crippen molar-refractivity contribution >= 4 is 11.6 Å². The Balaban J connectivity index is 1.61. The lowest BCUT2D eigenvalue weighted by Crippen LogP contribution is -2.26. The van der Waals surface area contributed by atoms with Crippen molar-refractivity contribution in [2.45, 2.75) is 6.92 Å². The van der Waals surface area contributed by atoms with Gasteiger partial charge in [0.15, 0.2) is 5.69 Å². The molecule has 8 nitrogen and oxygen atoms in total. The highest BCUT2D eigenvalue weighted by Gasteiger charge is 2.17. The van der Waals surface area contributed by atoms with Gasteiger partial charge < -0.3 is 10.1 Å². The van der Waals surface area contributed by atoms with Gasteiger partial charge in [-0.1, -0.05) is 0 Å². The van der Waals surface area contributed by atoms with Crippen molar-refractivity contribution in [3.05, 3.63) is 94.3 Å². The van der Waals surface area contributed by atoms with Crippen molar-refractivity contribution in [3.63, 3.8) is 0 Å². The lowest BCUT2D eigenvalue weighted by atomic mass is 10.2. The van der Waals surface area contributed by atoms with Crippen molar-refractivity contribution in [2.24, 2.45) is 0 Å². The third-order valence-electron chi connectivity index (χ3n) is 4.50. The fraction of sp³-hybridized carbons (Fsp3) is 0.0909. The molecule has 0 radical (unpaired) electrons. The van der Waals surface area contributed by atoms with E-state index in [1.807, 2.05) is 19.2 Å². The standard InChI is InChI=1S/C22H18FN5O3/c1-14-11-12-27(25-14)17-9-5-16(6-10-17)24-22(30)21-19(29)13-20(31-2)28(26-21)18-7-3-15(23)4-8-18/h3-13H,1-2H3,(H,24,30). The number of nitrogens with one attached hydrogen (secondary N) is 1. The number of anilines is 1. The maximum Gasteiger partial charge on any atom is 0.280 e. The number of aromatic nitrogens is 4. The molecule has 0 unspecified atom stereocenters. The highest BCUT2D eigenvalue weighted by molar-refractivity contribution is 6.02. The SMILES string of the molecule is COc1cc(=O)c(C(=O)Nc2ccc(-n3ccc(C)n3)cc2)nn1-c1ccc(F)cc1. The number of ether oxygens (including phenoxy) is 1. The number of rotatable bonds is 5. The number of hydrogen-bond acceptors (Lipinski definition) is 5. The summed E-state index contributed by atoms with van der Waals surface area (Å²) in [6.45, 7) is 1.89. The number of nitrogens with zero attached hydrogens (tertiary/aromatic N) is 4. The fourth-order valence-corrected chi connectivity index (χ4v) is 2.96. The largest absolute Gasteiger partial charge is 0.481 e. The van der Waals surface area contributed by atoms with Crippen molar-refractivity contribution in [3.8, 4) is 17.3 Å². The summed E-state index contributed by atoms with van der Waals surface area (Å²) in [6.07, 6.45) is 1.84. The molecule has 0 atom stereocenters. The van der Waals surface area contributed by atoms with Gasteiger partial charge in [0.2, 0.25) is 11.3 Å². The Bertz CT molecular complexity index is 1290. The van der Waals surface area contributed by atoms with E-state index in [0.29, 0.717) is 11.4 Å². The minimum Gasteiger partial charge on any atom is -0.481 e. The normalized spacial score (nSPS) is 10.7. The summed E-state index contributed by atoms with van der Waals surface area (Å²) < 4.78 is 21.4. The molecule has 2 aromatic carbocycles. The highest BCUT2D eigenvalue weighted by Crippen LogP contribution is 2.17. The summed E-state index contributed by atoms with van der Waals surface area (Å²) >= 11 is 0. The first-order chi connectivity index (χ1) is 14.9. The van der Waals surface area contributed by atoms with E-state index in [4.69, 9.17) is 4.74 Å². The van der Waals surface area contributed by atoms with E-state index in [-0.39, 0.29) is 11.6 Å². The van der Waals surface area contributed by atoms with Crippen LogP contribution >= 0.6 is 0 Å². The number of carbonyl (C=O) groups excluding carboxylic acids is 1. The van der Waals surface area contributed by atoms with Crippen LogP contribution in [0.25, 0.3) is 11.4 Å². The van der Waals surface area contributed by atoms with E-state index >= 15 is 0 Å².